The fourth-order valence-corrected chi connectivity index (χ4v) is 6.13. The third-order valence-corrected chi connectivity index (χ3v) is 8.56. The monoisotopic (exact) mass is 616 g/mol. The van der Waals surface area contributed by atoms with Crippen molar-refractivity contribution in [1.29, 1.82) is 0 Å². The van der Waals surface area contributed by atoms with Gasteiger partial charge < -0.3 is 19.9 Å². The molecule has 2 aliphatic rings. The number of anilines is 3. The standard InChI is InChI=1S/C27H23Cl3N6O3S/c28-17-2-1-16(19(30)11-17)13-31-26-25-20(5-10-40-25)32-27(33-26)35-8-6-34(7-9-35)23(37)14-36-21-12-18(29)3-4-22(21)39-15-24(36)38/h1-5,10-12H,6-9,13-15H2,(H,31,32,33). The van der Waals surface area contributed by atoms with Gasteiger partial charge in [0.05, 0.1) is 15.9 Å². The van der Waals surface area contributed by atoms with Crippen molar-refractivity contribution in [2.75, 3.05) is 54.4 Å². The van der Waals surface area contributed by atoms with Crippen LogP contribution >= 0.6 is 46.1 Å². The minimum Gasteiger partial charge on any atom is -0.482 e. The number of nitrogens with zero attached hydrogens (tertiary/aromatic N) is 5. The normalized spacial score (nSPS) is 15.3. The van der Waals surface area contributed by atoms with Crippen LogP contribution in [0.4, 0.5) is 17.5 Å². The maximum atomic E-state index is 13.2. The second-order valence-electron chi connectivity index (χ2n) is 9.34. The van der Waals surface area contributed by atoms with Crippen LogP contribution in [0.5, 0.6) is 5.75 Å². The first-order chi connectivity index (χ1) is 19.4. The summed E-state index contributed by atoms with van der Waals surface area (Å²) in [4.78, 5) is 40.6. The Morgan fingerprint density at radius 3 is 2.58 bits per heavy atom. The summed E-state index contributed by atoms with van der Waals surface area (Å²) >= 11 is 20.1. The van der Waals surface area contributed by atoms with E-state index in [0.717, 1.165) is 21.6 Å². The first-order valence-electron chi connectivity index (χ1n) is 12.5. The van der Waals surface area contributed by atoms with Gasteiger partial charge in [0.15, 0.2) is 6.61 Å². The molecule has 2 aliphatic heterocycles. The van der Waals surface area contributed by atoms with Gasteiger partial charge in [0.2, 0.25) is 11.9 Å². The highest BCUT2D eigenvalue weighted by Crippen LogP contribution is 2.35. The van der Waals surface area contributed by atoms with Crippen LogP contribution in [0.3, 0.4) is 0 Å². The summed E-state index contributed by atoms with van der Waals surface area (Å²) in [5.41, 5.74) is 2.26. The molecule has 0 spiro atoms. The molecular weight excluding hydrogens is 595 g/mol. The van der Waals surface area contributed by atoms with E-state index in [1.165, 1.54) is 4.90 Å². The number of carbonyl (C=O) groups excluding carboxylic acids is 2. The highest BCUT2D eigenvalue weighted by Gasteiger charge is 2.31. The number of benzene rings is 2. The van der Waals surface area contributed by atoms with E-state index >= 15 is 0 Å². The van der Waals surface area contributed by atoms with Crippen molar-refractivity contribution < 1.29 is 14.3 Å². The topological polar surface area (TPSA) is 90.9 Å². The van der Waals surface area contributed by atoms with E-state index < -0.39 is 0 Å². The summed E-state index contributed by atoms with van der Waals surface area (Å²) in [6.07, 6.45) is 0. The van der Waals surface area contributed by atoms with Crippen molar-refractivity contribution in [1.82, 2.24) is 14.9 Å². The molecule has 2 aromatic heterocycles. The predicted octanol–water partition coefficient (Wildman–Crippen LogP) is 5.34. The fourth-order valence-electron chi connectivity index (χ4n) is 4.70. The van der Waals surface area contributed by atoms with E-state index in [-0.39, 0.29) is 25.0 Å². The lowest BCUT2D eigenvalue weighted by Gasteiger charge is -2.36. The Balaban J connectivity index is 1.13. The van der Waals surface area contributed by atoms with Gasteiger partial charge in [-0.25, -0.2) is 4.98 Å². The molecule has 206 valence electrons. The molecule has 9 nitrogen and oxygen atoms in total. The molecule has 6 rings (SSSR count). The zero-order valence-corrected chi connectivity index (χ0v) is 24.2. The minimum atomic E-state index is -0.279. The number of carbonyl (C=O) groups is 2. The van der Waals surface area contributed by atoms with Gasteiger partial charge in [-0.2, -0.15) is 4.98 Å². The molecule has 1 N–H and O–H groups in total. The van der Waals surface area contributed by atoms with Gasteiger partial charge in [-0.15, -0.1) is 11.3 Å². The number of hydrogen-bond donors (Lipinski definition) is 1. The van der Waals surface area contributed by atoms with E-state index in [1.807, 2.05) is 17.5 Å². The Hall–Kier alpha value is -3.31. The highest BCUT2D eigenvalue weighted by molar-refractivity contribution is 7.17. The van der Waals surface area contributed by atoms with Crippen LogP contribution in [-0.2, 0) is 16.1 Å². The Labute approximate surface area is 249 Å². The molecular formula is C27H23Cl3N6O3S. The van der Waals surface area contributed by atoms with Crippen molar-refractivity contribution in [2.24, 2.45) is 0 Å². The van der Waals surface area contributed by atoms with Crippen molar-refractivity contribution in [3.63, 3.8) is 0 Å². The van der Waals surface area contributed by atoms with Crippen LogP contribution in [0.15, 0.2) is 47.8 Å². The van der Waals surface area contributed by atoms with Crippen LogP contribution in [0.1, 0.15) is 5.56 Å². The average Bonchev–Trinajstić information content (AvgIpc) is 3.43. The van der Waals surface area contributed by atoms with Crippen LogP contribution in [0.25, 0.3) is 10.2 Å². The molecule has 4 heterocycles. The van der Waals surface area contributed by atoms with E-state index in [1.54, 1.807) is 46.6 Å². The summed E-state index contributed by atoms with van der Waals surface area (Å²) in [7, 11) is 0. The lowest BCUT2D eigenvalue weighted by molar-refractivity contribution is -0.132. The Morgan fingerprint density at radius 1 is 1.00 bits per heavy atom. The largest absolute Gasteiger partial charge is 0.482 e. The summed E-state index contributed by atoms with van der Waals surface area (Å²) in [6, 6.07) is 12.4. The Bertz CT molecular complexity index is 1610. The number of thiophene rings is 1. The quantitative estimate of drug-likeness (QED) is 0.313. The second-order valence-corrected chi connectivity index (χ2v) is 11.5. The summed E-state index contributed by atoms with van der Waals surface area (Å²) < 4.78 is 6.44. The Kier molecular flexibility index (Phi) is 7.59. The predicted molar refractivity (Wildman–Crippen MR) is 159 cm³/mol. The average molecular weight is 618 g/mol. The molecule has 2 amide bonds. The van der Waals surface area contributed by atoms with Gasteiger partial charge in [0, 0.05) is 47.8 Å². The lowest BCUT2D eigenvalue weighted by Crippen LogP contribution is -2.53. The number of fused-ring (bicyclic) bond motifs is 2. The lowest BCUT2D eigenvalue weighted by atomic mass is 10.2. The molecule has 0 aliphatic carbocycles. The second kappa shape index (κ2) is 11.3. The molecule has 0 radical (unpaired) electrons. The fraction of sp³-hybridized carbons (Fsp3) is 0.259. The number of halogens is 3. The van der Waals surface area contributed by atoms with Crippen LogP contribution in [0.2, 0.25) is 15.1 Å². The maximum Gasteiger partial charge on any atom is 0.265 e. The summed E-state index contributed by atoms with van der Waals surface area (Å²) in [5.74, 6) is 1.43. The number of nitrogens with one attached hydrogen (secondary N) is 1. The van der Waals surface area contributed by atoms with E-state index in [9.17, 15) is 9.59 Å². The maximum absolute atomic E-state index is 13.2. The number of ether oxygens (including phenoxy) is 1. The molecule has 2 aromatic carbocycles. The van der Waals surface area contributed by atoms with Gasteiger partial charge >= 0.3 is 0 Å². The Morgan fingerprint density at radius 2 is 1.77 bits per heavy atom. The molecule has 1 fully saturated rings. The van der Waals surface area contributed by atoms with Gasteiger partial charge in [-0.05, 0) is 47.3 Å². The van der Waals surface area contributed by atoms with E-state index in [4.69, 9.17) is 49.5 Å². The highest BCUT2D eigenvalue weighted by atomic mass is 35.5. The van der Waals surface area contributed by atoms with Crippen molar-refractivity contribution in [3.8, 4) is 5.75 Å². The molecule has 1 saturated heterocycles. The first-order valence-corrected chi connectivity index (χ1v) is 14.6. The van der Waals surface area contributed by atoms with Crippen LogP contribution in [-0.4, -0.2) is 66.0 Å². The smallest absolute Gasteiger partial charge is 0.265 e. The van der Waals surface area contributed by atoms with Crippen LogP contribution in [0, 0.1) is 0 Å². The van der Waals surface area contributed by atoms with Gasteiger partial charge in [-0.1, -0.05) is 40.9 Å². The molecule has 13 heteroatoms. The van der Waals surface area contributed by atoms with E-state index in [0.29, 0.717) is 65.2 Å². The summed E-state index contributed by atoms with van der Waals surface area (Å²) in [6.45, 7) is 2.37. The molecule has 0 bridgehead atoms. The van der Waals surface area contributed by atoms with Crippen molar-refractivity contribution >= 4 is 85.6 Å². The zero-order chi connectivity index (χ0) is 27.8. The van der Waals surface area contributed by atoms with Gasteiger partial charge in [0.25, 0.3) is 5.91 Å². The number of aromatic nitrogens is 2. The van der Waals surface area contributed by atoms with E-state index in [2.05, 4.69) is 10.2 Å². The molecule has 0 saturated carbocycles. The third kappa shape index (κ3) is 5.49. The van der Waals surface area contributed by atoms with Crippen LogP contribution < -0.4 is 19.9 Å². The molecule has 40 heavy (non-hydrogen) atoms. The van der Waals surface area contributed by atoms with Gasteiger partial charge in [-0.3, -0.25) is 14.5 Å². The number of amides is 2. The zero-order valence-electron chi connectivity index (χ0n) is 21.1. The molecule has 4 aromatic rings. The molecule has 0 atom stereocenters. The third-order valence-electron chi connectivity index (χ3n) is 6.83. The molecule has 0 unspecified atom stereocenters. The van der Waals surface area contributed by atoms with Gasteiger partial charge in [0.1, 0.15) is 18.1 Å². The SMILES string of the molecule is O=C(CN1C(=O)COc2ccc(Cl)cc21)N1CCN(c2nc(NCc3ccc(Cl)cc3Cl)c3sccc3n2)CC1. The summed E-state index contributed by atoms with van der Waals surface area (Å²) in [5, 5.41) is 7.03. The number of rotatable bonds is 6. The van der Waals surface area contributed by atoms with Crippen molar-refractivity contribution in [2.45, 2.75) is 6.54 Å². The minimum absolute atomic E-state index is 0.0752. The number of hydrogen-bond acceptors (Lipinski definition) is 8. The number of piperazine rings is 1. The first kappa shape index (κ1) is 26.9. The van der Waals surface area contributed by atoms with Crippen molar-refractivity contribution in [3.05, 3.63) is 68.5 Å².